The number of rotatable bonds is 2. The van der Waals surface area contributed by atoms with E-state index in [1.807, 2.05) is 18.0 Å². The molecule has 16 heavy (non-hydrogen) atoms. The van der Waals surface area contributed by atoms with Crippen LogP contribution in [0, 0.1) is 11.8 Å². The molecule has 1 aliphatic heterocycles. The van der Waals surface area contributed by atoms with Gasteiger partial charge in [-0.05, 0) is 55.2 Å². The van der Waals surface area contributed by atoms with Crippen LogP contribution in [-0.4, -0.2) is 34.8 Å². The summed E-state index contributed by atoms with van der Waals surface area (Å²) < 4.78 is 0. The summed E-state index contributed by atoms with van der Waals surface area (Å²) >= 11 is 1.97. The first-order valence-corrected chi connectivity index (χ1v) is 7.49. The minimum absolute atomic E-state index is 0.697. The number of aromatic amines is 1. The van der Waals surface area contributed by atoms with Gasteiger partial charge in [0.05, 0.1) is 6.20 Å². The monoisotopic (exact) mass is 237 g/mol. The lowest BCUT2D eigenvalue weighted by atomic mass is 9.76. The number of thioether (sulfide) groups is 1. The molecule has 0 radical (unpaired) electrons. The van der Waals surface area contributed by atoms with Gasteiger partial charge in [0, 0.05) is 11.7 Å². The maximum absolute atomic E-state index is 4.16. The molecule has 0 amide bonds. The van der Waals surface area contributed by atoms with Crippen LogP contribution in [0.5, 0.6) is 0 Å². The summed E-state index contributed by atoms with van der Waals surface area (Å²) in [7, 11) is 0. The molecule has 3 nitrogen and oxygen atoms in total. The Morgan fingerprint density at radius 1 is 1.50 bits per heavy atom. The zero-order chi connectivity index (χ0) is 11.0. The lowest BCUT2D eigenvalue weighted by molar-refractivity contribution is 0.216. The van der Waals surface area contributed by atoms with E-state index in [2.05, 4.69) is 21.8 Å². The average Bonchev–Trinajstić information content (AvgIpc) is 2.73. The summed E-state index contributed by atoms with van der Waals surface area (Å²) in [5.41, 5.74) is 2.81. The third-order valence-corrected chi connectivity index (χ3v) is 4.79. The summed E-state index contributed by atoms with van der Waals surface area (Å²) in [5, 5.41) is 11.0. The Balaban J connectivity index is 1.71. The van der Waals surface area contributed by atoms with Crippen molar-refractivity contribution in [2.75, 3.05) is 18.6 Å². The van der Waals surface area contributed by atoms with E-state index in [4.69, 9.17) is 0 Å². The van der Waals surface area contributed by atoms with Gasteiger partial charge in [0.15, 0.2) is 0 Å². The van der Waals surface area contributed by atoms with Crippen LogP contribution in [0.25, 0.3) is 0 Å². The zero-order valence-corrected chi connectivity index (χ0v) is 10.5. The third kappa shape index (κ3) is 1.89. The van der Waals surface area contributed by atoms with E-state index in [9.17, 15) is 0 Å². The minimum atomic E-state index is 0.697. The second-order valence-electron chi connectivity index (χ2n) is 5.11. The predicted molar refractivity (Wildman–Crippen MR) is 67.8 cm³/mol. The molecule has 88 valence electrons. The van der Waals surface area contributed by atoms with Crippen LogP contribution < -0.4 is 5.32 Å². The van der Waals surface area contributed by atoms with Gasteiger partial charge in [-0.15, -0.1) is 0 Å². The quantitative estimate of drug-likeness (QED) is 0.818. The van der Waals surface area contributed by atoms with Crippen molar-refractivity contribution in [1.82, 2.24) is 15.5 Å². The molecule has 2 heterocycles. The summed E-state index contributed by atoms with van der Waals surface area (Å²) in [6.07, 6.45) is 7.96. The van der Waals surface area contributed by atoms with Gasteiger partial charge in [-0.2, -0.15) is 16.9 Å². The molecular weight excluding hydrogens is 218 g/mol. The molecule has 3 rings (SSSR count). The SMILES string of the molecule is CSC[C@H]1CNC2Cc3cn[nH]c3C[C@H]2C1. The van der Waals surface area contributed by atoms with Crippen LogP contribution in [0.2, 0.25) is 0 Å². The van der Waals surface area contributed by atoms with Crippen LogP contribution in [0.3, 0.4) is 0 Å². The second-order valence-corrected chi connectivity index (χ2v) is 6.02. The fraction of sp³-hybridized carbons (Fsp3) is 0.750. The second kappa shape index (κ2) is 4.41. The molecule has 1 fully saturated rings. The Morgan fingerprint density at radius 3 is 3.31 bits per heavy atom. The molecule has 0 saturated carbocycles. The van der Waals surface area contributed by atoms with Gasteiger partial charge in [-0.1, -0.05) is 0 Å². The van der Waals surface area contributed by atoms with E-state index in [-0.39, 0.29) is 0 Å². The van der Waals surface area contributed by atoms with Crippen LogP contribution >= 0.6 is 11.8 Å². The zero-order valence-electron chi connectivity index (χ0n) is 9.70. The Morgan fingerprint density at radius 2 is 2.44 bits per heavy atom. The van der Waals surface area contributed by atoms with Crippen molar-refractivity contribution in [3.63, 3.8) is 0 Å². The molecule has 1 aliphatic carbocycles. The van der Waals surface area contributed by atoms with E-state index < -0.39 is 0 Å². The molecule has 3 atom stereocenters. The van der Waals surface area contributed by atoms with Crippen molar-refractivity contribution in [3.8, 4) is 0 Å². The maximum Gasteiger partial charge on any atom is 0.0522 e. The lowest BCUT2D eigenvalue weighted by Crippen LogP contribution is -2.49. The van der Waals surface area contributed by atoms with Gasteiger partial charge >= 0.3 is 0 Å². The molecule has 0 bridgehead atoms. The summed E-state index contributed by atoms with van der Waals surface area (Å²) in [6.45, 7) is 1.20. The van der Waals surface area contributed by atoms with Crippen LogP contribution in [0.4, 0.5) is 0 Å². The topological polar surface area (TPSA) is 40.7 Å². The summed E-state index contributed by atoms with van der Waals surface area (Å²) in [4.78, 5) is 0. The largest absolute Gasteiger partial charge is 0.313 e. The number of nitrogens with one attached hydrogen (secondary N) is 2. The highest BCUT2D eigenvalue weighted by Crippen LogP contribution is 2.32. The fourth-order valence-electron chi connectivity index (χ4n) is 3.18. The number of aromatic nitrogens is 2. The first-order chi connectivity index (χ1) is 7.86. The lowest BCUT2D eigenvalue weighted by Gasteiger charge is -2.39. The highest BCUT2D eigenvalue weighted by atomic mass is 32.2. The third-order valence-electron chi connectivity index (χ3n) is 3.99. The maximum atomic E-state index is 4.16. The number of hydrogen-bond donors (Lipinski definition) is 2. The average molecular weight is 237 g/mol. The highest BCUT2D eigenvalue weighted by Gasteiger charge is 2.34. The fourth-order valence-corrected chi connectivity index (χ4v) is 3.90. The molecule has 2 aliphatic rings. The van der Waals surface area contributed by atoms with Crippen LogP contribution in [0.1, 0.15) is 17.7 Å². The number of nitrogens with zero attached hydrogens (tertiary/aromatic N) is 1. The Hall–Kier alpha value is -0.480. The van der Waals surface area contributed by atoms with Crippen molar-refractivity contribution >= 4 is 11.8 Å². The Kier molecular flexibility index (Phi) is 2.94. The van der Waals surface area contributed by atoms with E-state index >= 15 is 0 Å². The van der Waals surface area contributed by atoms with Crippen LogP contribution in [0.15, 0.2) is 6.20 Å². The molecule has 0 aromatic carbocycles. The Bertz CT molecular complexity index is 363. The van der Waals surface area contributed by atoms with Crippen molar-refractivity contribution < 1.29 is 0 Å². The van der Waals surface area contributed by atoms with Gasteiger partial charge in [0.25, 0.3) is 0 Å². The van der Waals surface area contributed by atoms with Gasteiger partial charge in [-0.25, -0.2) is 0 Å². The standard InChI is InChI=1S/C12H19N3S/c1-16-7-8-2-9-3-12-10(6-14-15-12)4-11(9)13-5-8/h6,8-9,11,13H,2-5,7H2,1H3,(H,14,15)/t8-,9-,11?/m1/s1. The van der Waals surface area contributed by atoms with Gasteiger partial charge in [0.2, 0.25) is 0 Å². The Labute approximate surface area is 101 Å². The number of H-pyrrole nitrogens is 1. The number of fused-ring (bicyclic) bond motifs is 2. The van der Waals surface area contributed by atoms with E-state index in [0.717, 1.165) is 11.8 Å². The molecule has 2 N–H and O–H groups in total. The molecule has 0 spiro atoms. The molecule has 1 unspecified atom stereocenters. The smallest absolute Gasteiger partial charge is 0.0522 e. The van der Waals surface area contributed by atoms with Gasteiger partial charge in [-0.3, -0.25) is 5.10 Å². The van der Waals surface area contributed by atoms with Crippen molar-refractivity contribution in [2.45, 2.75) is 25.3 Å². The first kappa shape index (κ1) is 10.7. The first-order valence-electron chi connectivity index (χ1n) is 6.10. The number of piperidine rings is 1. The summed E-state index contributed by atoms with van der Waals surface area (Å²) in [5.74, 6) is 2.98. The van der Waals surface area contributed by atoms with E-state index in [0.29, 0.717) is 6.04 Å². The minimum Gasteiger partial charge on any atom is -0.313 e. The molecule has 4 heteroatoms. The normalized spacial score (nSPS) is 33.2. The van der Waals surface area contributed by atoms with Gasteiger partial charge < -0.3 is 5.32 Å². The highest BCUT2D eigenvalue weighted by molar-refractivity contribution is 7.98. The van der Waals surface area contributed by atoms with E-state index in [1.54, 1.807) is 0 Å². The molecule has 1 saturated heterocycles. The number of hydrogen-bond acceptors (Lipinski definition) is 3. The molecule has 1 aromatic heterocycles. The summed E-state index contributed by atoms with van der Waals surface area (Å²) in [6, 6.07) is 0.697. The van der Waals surface area contributed by atoms with Crippen molar-refractivity contribution in [2.24, 2.45) is 11.8 Å². The van der Waals surface area contributed by atoms with Crippen molar-refractivity contribution in [3.05, 3.63) is 17.5 Å². The van der Waals surface area contributed by atoms with Crippen LogP contribution in [-0.2, 0) is 12.8 Å². The predicted octanol–water partition coefficient (Wildman–Crippen LogP) is 1.47. The van der Waals surface area contributed by atoms with E-state index in [1.165, 1.54) is 42.8 Å². The molecule has 1 aromatic rings. The van der Waals surface area contributed by atoms with Gasteiger partial charge in [0.1, 0.15) is 0 Å². The molecular formula is C12H19N3S. The van der Waals surface area contributed by atoms with Crippen molar-refractivity contribution in [1.29, 1.82) is 0 Å².